The van der Waals surface area contributed by atoms with Crippen LogP contribution < -0.4 is 14.8 Å². The van der Waals surface area contributed by atoms with Gasteiger partial charge in [-0.2, -0.15) is 5.10 Å². The van der Waals surface area contributed by atoms with E-state index in [2.05, 4.69) is 24.3 Å². The number of nitrogens with zero attached hydrogens (tertiary/aromatic N) is 2. The smallest absolute Gasteiger partial charge is 0.270 e. The van der Waals surface area contributed by atoms with E-state index < -0.39 is 0 Å². The van der Waals surface area contributed by atoms with Gasteiger partial charge in [0, 0.05) is 6.54 Å². The fourth-order valence-corrected chi connectivity index (χ4v) is 2.62. The highest BCUT2D eigenvalue weighted by molar-refractivity contribution is 5.93. The van der Waals surface area contributed by atoms with Crippen molar-refractivity contribution in [3.63, 3.8) is 0 Å². The first-order valence-corrected chi connectivity index (χ1v) is 8.51. The van der Waals surface area contributed by atoms with Gasteiger partial charge in [0.05, 0.1) is 26.0 Å². The van der Waals surface area contributed by atoms with Crippen LogP contribution in [-0.4, -0.2) is 29.9 Å². The van der Waals surface area contributed by atoms with Crippen molar-refractivity contribution in [2.24, 2.45) is 0 Å². The van der Waals surface area contributed by atoms with Crippen molar-refractivity contribution in [3.05, 3.63) is 41.2 Å². The van der Waals surface area contributed by atoms with Gasteiger partial charge in [0.1, 0.15) is 5.69 Å². The van der Waals surface area contributed by atoms with Crippen LogP contribution in [0.2, 0.25) is 0 Å². The number of nitrogens with one attached hydrogen (secondary N) is 1. The minimum absolute atomic E-state index is 0.136. The Hall–Kier alpha value is -2.50. The molecule has 0 saturated heterocycles. The van der Waals surface area contributed by atoms with Gasteiger partial charge < -0.3 is 14.8 Å². The molecule has 0 radical (unpaired) electrons. The second-order valence-electron chi connectivity index (χ2n) is 6.23. The van der Waals surface area contributed by atoms with Crippen LogP contribution in [0.5, 0.6) is 11.5 Å². The zero-order chi connectivity index (χ0) is 18.6. The third-order valence-electron chi connectivity index (χ3n) is 4.18. The van der Waals surface area contributed by atoms with Gasteiger partial charge in [0.2, 0.25) is 0 Å². The number of aryl methyl sites for hydroxylation is 1. The number of methoxy groups -OCH3 is 2. The lowest BCUT2D eigenvalue weighted by molar-refractivity contribution is 0.0929. The molecule has 25 heavy (non-hydrogen) atoms. The molecule has 136 valence electrons. The number of benzene rings is 1. The van der Waals surface area contributed by atoms with E-state index in [0.29, 0.717) is 23.7 Å². The normalized spacial score (nSPS) is 12.1. The Morgan fingerprint density at radius 1 is 1.16 bits per heavy atom. The number of rotatable bonds is 7. The molecule has 0 unspecified atom stereocenters. The highest BCUT2D eigenvalue weighted by Crippen LogP contribution is 2.30. The van der Waals surface area contributed by atoms with Crippen molar-refractivity contribution < 1.29 is 14.3 Å². The number of carbonyl (C=O) groups is 1. The Morgan fingerprint density at radius 3 is 2.40 bits per heavy atom. The lowest BCUT2D eigenvalue weighted by Crippen LogP contribution is -2.28. The van der Waals surface area contributed by atoms with Gasteiger partial charge in [-0.05, 0) is 43.5 Å². The van der Waals surface area contributed by atoms with E-state index in [9.17, 15) is 4.79 Å². The van der Waals surface area contributed by atoms with Crippen LogP contribution in [0.25, 0.3) is 0 Å². The highest BCUT2D eigenvalue weighted by Gasteiger charge is 2.19. The molecule has 1 aromatic heterocycles. The lowest BCUT2D eigenvalue weighted by Gasteiger charge is -2.16. The number of hydrogen-bond acceptors (Lipinski definition) is 4. The third-order valence-corrected chi connectivity index (χ3v) is 4.18. The first kappa shape index (κ1) is 18.8. The SMILES string of the molecule is CCn1nc(C(C)C)cc1C(=O)N[C@@H](C)c1ccc(OC)c(OC)c1. The summed E-state index contributed by atoms with van der Waals surface area (Å²) in [5.74, 6) is 1.45. The van der Waals surface area contributed by atoms with Crippen molar-refractivity contribution in [2.45, 2.75) is 46.2 Å². The minimum Gasteiger partial charge on any atom is -0.493 e. The number of ether oxygens (including phenoxy) is 2. The number of amides is 1. The van der Waals surface area contributed by atoms with E-state index in [1.54, 1.807) is 18.9 Å². The molecule has 1 heterocycles. The van der Waals surface area contributed by atoms with Gasteiger partial charge in [-0.15, -0.1) is 0 Å². The van der Waals surface area contributed by atoms with Crippen molar-refractivity contribution in [1.82, 2.24) is 15.1 Å². The third kappa shape index (κ3) is 4.13. The monoisotopic (exact) mass is 345 g/mol. The number of aromatic nitrogens is 2. The zero-order valence-electron chi connectivity index (χ0n) is 15.8. The molecule has 1 amide bonds. The molecule has 6 nitrogen and oxygen atoms in total. The van der Waals surface area contributed by atoms with Gasteiger partial charge in [0.25, 0.3) is 5.91 Å². The summed E-state index contributed by atoms with van der Waals surface area (Å²) in [5.41, 5.74) is 2.45. The second kappa shape index (κ2) is 8.05. The second-order valence-corrected chi connectivity index (χ2v) is 6.23. The van der Waals surface area contributed by atoms with Crippen LogP contribution in [-0.2, 0) is 6.54 Å². The summed E-state index contributed by atoms with van der Waals surface area (Å²) in [7, 11) is 3.19. The molecule has 0 aliphatic rings. The van der Waals surface area contributed by atoms with Crippen molar-refractivity contribution in [3.8, 4) is 11.5 Å². The van der Waals surface area contributed by atoms with E-state index in [-0.39, 0.29) is 17.9 Å². The molecule has 1 N–H and O–H groups in total. The summed E-state index contributed by atoms with van der Waals surface area (Å²) in [6, 6.07) is 7.33. The fourth-order valence-electron chi connectivity index (χ4n) is 2.62. The van der Waals surface area contributed by atoms with Gasteiger partial charge >= 0.3 is 0 Å². The Balaban J connectivity index is 2.20. The van der Waals surface area contributed by atoms with Crippen molar-refractivity contribution in [2.75, 3.05) is 14.2 Å². The largest absolute Gasteiger partial charge is 0.493 e. The van der Waals surface area contributed by atoms with Crippen molar-refractivity contribution in [1.29, 1.82) is 0 Å². The minimum atomic E-state index is -0.171. The first-order chi connectivity index (χ1) is 11.9. The van der Waals surface area contributed by atoms with E-state index in [0.717, 1.165) is 11.3 Å². The summed E-state index contributed by atoms with van der Waals surface area (Å²) < 4.78 is 12.3. The van der Waals surface area contributed by atoms with Crippen LogP contribution in [0.3, 0.4) is 0 Å². The van der Waals surface area contributed by atoms with Gasteiger partial charge in [-0.25, -0.2) is 0 Å². The molecule has 2 aromatic rings. The topological polar surface area (TPSA) is 65.4 Å². The van der Waals surface area contributed by atoms with Crippen LogP contribution in [0.4, 0.5) is 0 Å². The molecule has 0 spiro atoms. The number of hydrogen-bond donors (Lipinski definition) is 1. The summed E-state index contributed by atoms with van der Waals surface area (Å²) in [6.07, 6.45) is 0. The molecule has 1 atom stereocenters. The van der Waals surface area contributed by atoms with E-state index in [4.69, 9.17) is 9.47 Å². The first-order valence-electron chi connectivity index (χ1n) is 8.51. The van der Waals surface area contributed by atoms with E-state index >= 15 is 0 Å². The summed E-state index contributed by atoms with van der Waals surface area (Å²) >= 11 is 0. The Morgan fingerprint density at radius 2 is 1.84 bits per heavy atom. The average molecular weight is 345 g/mol. The molecule has 0 aliphatic carbocycles. The van der Waals surface area contributed by atoms with Crippen LogP contribution >= 0.6 is 0 Å². The maximum absolute atomic E-state index is 12.7. The van der Waals surface area contributed by atoms with Crippen LogP contribution in [0.1, 0.15) is 61.4 Å². The van der Waals surface area contributed by atoms with Crippen LogP contribution in [0.15, 0.2) is 24.3 Å². The molecule has 1 aromatic carbocycles. The average Bonchev–Trinajstić information content (AvgIpc) is 3.05. The summed E-state index contributed by atoms with van der Waals surface area (Å²) in [5, 5.41) is 7.53. The summed E-state index contributed by atoms with van der Waals surface area (Å²) in [6.45, 7) is 8.70. The molecular formula is C19H27N3O3. The predicted molar refractivity (Wildman–Crippen MR) is 97.4 cm³/mol. The molecule has 0 aliphatic heterocycles. The maximum Gasteiger partial charge on any atom is 0.270 e. The highest BCUT2D eigenvalue weighted by atomic mass is 16.5. The Labute approximate surface area is 149 Å². The Bertz CT molecular complexity index is 738. The molecule has 0 fully saturated rings. The molecular weight excluding hydrogens is 318 g/mol. The molecule has 0 saturated carbocycles. The van der Waals surface area contributed by atoms with Gasteiger partial charge in [-0.3, -0.25) is 9.48 Å². The fraction of sp³-hybridized carbons (Fsp3) is 0.474. The lowest BCUT2D eigenvalue weighted by atomic mass is 10.1. The maximum atomic E-state index is 12.7. The van der Waals surface area contributed by atoms with Gasteiger partial charge in [-0.1, -0.05) is 19.9 Å². The molecule has 0 bridgehead atoms. The standard InChI is InChI=1S/C19H27N3O3/c1-7-22-16(11-15(21-22)12(2)3)19(23)20-13(4)14-8-9-17(24-5)18(10-14)25-6/h8-13H,7H2,1-6H3,(H,20,23)/t13-/m0/s1. The van der Waals surface area contributed by atoms with Crippen molar-refractivity contribution >= 4 is 5.91 Å². The van der Waals surface area contributed by atoms with Gasteiger partial charge in [0.15, 0.2) is 11.5 Å². The van der Waals surface area contributed by atoms with E-state index in [1.807, 2.05) is 38.1 Å². The quantitative estimate of drug-likeness (QED) is 0.834. The Kier molecular flexibility index (Phi) is 6.07. The molecule has 2 rings (SSSR count). The zero-order valence-corrected chi connectivity index (χ0v) is 15.8. The molecule has 6 heteroatoms. The van der Waals surface area contributed by atoms with E-state index in [1.165, 1.54) is 0 Å². The number of carbonyl (C=O) groups excluding carboxylic acids is 1. The summed E-state index contributed by atoms with van der Waals surface area (Å²) in [4.78, 5) is 12.7. The van der Waals surface area contributed by atoms with Crippen LogP contribution in [0, 0.1) is 0 Å². The predicted octanol–water partition coefficient (Wildman–Crippen LogP) is 3.53.